The predicted octanol–water partition coefficient (Wildman–Crippen LogP) is 2.42. The van der Waals surface area contributed by atoms with Crippen LogP contribution in [0.2, 0.25) is 0 Å². The van der Waals surface area contributed by atoms with Gasteiger partial charge in [-0.2, -0.15) is 0 Å². The Morgan fingerprint density at radius 2 is 1.48 bits per heavy atom. The second-order valence-electron chi connectivity index (χ2n) is 6.23. The van der Waals surface area contributed by atoms with Crippen molar-refractivity contribution in [3.8, 4) is 0 Å². The van der Waals surface area contributed by atoms with Gasteiger partial charge in [-0.05, 0) is 60.7 Å². The lowest BCUT2D eigenvalue weighted by molar-refractivity contribution is -0.135. The summed E-state index contributed by atoms with van der Waals surface area (Å²) in [5.41, 5.74) is 1.22. The van der Waals surface area contributed by atoms with Gasteiger partial charge < -0.3 is 5.32 Å². The molecule has 0 atom stereocenters. The van der Waals surface area contributed by atoms with E-state index in [2.05, 4.69) is 10.3 Å². The van der Waals surface area contributed by atoms with E-state index in [1.165, 1.54) is 54.6 Å². The maximum absolute atomic E-state index is 12.2. The molecule has 0 saturated carbocycles. The lowest BCUT2D eigenvalue weighted by Crippen LogP contribution is -2.39. The number of nitrogens with zero attached hydrogens (tertiary/aromatic N) is 1. The maximum atomic E-state index is 12.2. The summed E-state index contributed by atoms with van der Waals surface area (Å²) in [6.07, 6.45) is 4.57. The van der Waals surface area contributed by atoms with Gasteiger partial charge in [0.15, 0.2) is 5.78 Å². The number of hydrogen-bond acceptors (Lipinski definition) is 6. The summed E-state index contributed by atoms with van der Waals surface area (Å²) < 4.78 is 26.0. The number of pyridine rings is 1. The number of aromatic nitrogens is 1. The smallest absolute Gasteiger partial charge is 0.318 e. The summed E-state index contributed by atoms with van der Waals surface area (Å²) >= 11 is 0. The SMILES string of the molecule is O=C(Nc1ccc(C(=O)/C=C/c2ccccn2)cc1)C(=O)NS(=O)(=O)c1ccccc1. The zero-order valence-corrected chi connectivity index (χ0v) is 16.9. The van der Waals surface area contributed by atoms with Crippen LogP contribution in [-0.4, -0.2) is 31.0 Å². The third-order valence-electron chi connectivity index (χ3n) is 4.01. The van der Waals surface area contributed by atoms with Crippen LogP contribution in [0, 0.1) is 0 Å². The molecule has 0 bridgehead atoms. The fraction of sp³-hybridized carbons (Fsp3) is 0. The summed E-state index contributed by atoms with van der Waals surface area (Å²) in [5, 5.41) is 2.28. The molecule has 3 rings (SSSR count). The minimum atomic E-state index is -4.16. The van der Waals surface area contributed by atoms with Gasteiger partial charge in [-0.1, -0.05) is 24.3 Å². The summed E-state index contributed by atoms with van der Waals surface area (Å²) in [7, 11) is -4.16. The number of benzene rings is 2. The van der Waals surface area contributed by atoms with Gasteiger partial charge in [0.1, 0.15) is 0 Å². The molecule has 2 N–H and O–H groups in total. The second-order valence-corrected chi connectivity index (χ2v) is 7.91. The number of nitrogens with one attached hydrogen (secondary N) is 2. The number of allylic oxidation sites excluding steroid dienone is 1. The van der Waals surface area contributed by atoms with E-state index in [9.17, 15) is 22.8 Å². The van der Waals surface area contributed by atoms with Crippen molar-refractivity contribution < 1.29 is 22.8 Å². The van der Waals surface area contributed by atoms with Crippen LogP contribution in [0.4, 0.5) is 5.69 Å². The average Bonchev–Trinajstić information content (AvgIpc) is 2.79. The summed E-state index contributed by atoms with van der Waals surface area (Å²) in [4.78, 5) is 40.1. The van der Waals surface area contributed by atoms with Crippen molar-refractivity contribution in [2.24, 2.45) is 0 Å². The van der Waals surface area contributed by atoms with Crippen LogP contribution >= 0.6 is 0 Å². The van der Waals surface area contributed by atoms with Gasteiger partial charge in [-0.25, -0.2) is 13.1 Å². The molecule has 0 aliphatic carbocycles. The first kappa shape index (κ1) is 21.6. The highest BCUT2D eigenvalue weighted by Gasteiger charge is 2.22. The van der Waals surface area contributed by atoms with E-state index >= 15 is 0 Å². The highest BCUT2D eigenvalue weighted by molar-refractivity contribution is 7.90. The van der Waals surface area contributed by atoms with E-state index in [1.807, 2.05) is 0 Å². The van der Waals surface area contributed by atoms with E-state index in [-0.39, 0.29) is 16.4 Å². The lowest BCUT2D eigenvalue weighted by Gasteiger charge is -2.08. The van der Waals surface area contributed by atoms with Gasteiger partial charge in [0.2, 0.25) is 0 Å². The number of carbonyl (C=O) groups excluding carboxylic acids is 3. The van der Waals surface area contributed by atoms with Gasteiger partial charge in [-0.15, -0.1) is 0 Å². The summed E-state index contributed by atoms with van der Waals surface area (Å²) in [5.74, 6) is -2.76. The molecule has 0 aliphatic heterocycles. The number of rotatable bonds is 6. The summed E-state index contributed by atoms with van der Waals surface area (Å²) in [6, 6.07) is 18.3. The standard InChI is InChI=1S/C22H17N3O5S/c26-20(14-13-17-6-4-5-15-23-17)16-9-11-18(12-10-16)24-21(27)22(28)25-31(29,30)19-7-2-1-3-8-19/h1-15H,(H,24,27)(H,25,28)/b14-13+. The van der Waals surface area contributed by atoms with E-state index in [1.54, 1.807) is 41.3 Å². The van der Waals surface area contributed by atoms with Crippen LogP contribution in [0.25, 0.3) is 6.08 Å². The topological polar surface area (TPSA) is 122 Å². The Bertz CT molecular complexity index is 1220. The van der Waals surface area contributed by atoms with Gasteiger partial charge in [0.05, 0.1) is 10.6 Å². The molecule has 2 aromatic carbocycles. The fourth-order valence-corrected chi connectivity index (χ4v) is 3.43. The van der Waals surface area contributed by atoms with Crippen molar-refractivity contribution >= 4 is 39.4 Å². The van der Waals surface area contributed by atoms with Gasteiger partial charge in [0, 0.05) is 17.4 Å². The van der Waals surface area contributed by atoms with Crippen LogP contribution in [0.5, 0.6) is 0 Å². The zero-order chi connectivity index (χ0) is 22.3. The Labute approximate surface area is 178 Å². The molecular formula is C22H17N3O5S. The molecule has 0 radical (unpaired) electrons. The van der Waals surface area contributed by atoms with Crippen LogP contribution in [0.15, 0.2) is 90.0 Å². The monoisotopic (exact) mass is 435 g/mol. The van der Waals surface area contributed by atoms with E-state index < -0.39 is 21.8 Å². The molecular weight excluding hydrogens is 418 g/mol. The molecule has 3 aromatic rings. The van der Waals surface area contributed by atoms with Crippen LogP contribution in [0.3, 0.4) is 0 Å². The summed E-state index contributed by atoms with van der Waals surface area (Å²) in [6.45, 7) is 0. The molecule has 31 heavy (non-hydrogen) atoms. The first-order valence-electron chi connectivity index (χ1n) is 9.02. The van der Waals surface area contributed by atoms with E-state index in [4.69, 9.17) is 0 Å². The minimum absolute atomic E-state index is 0.141. The zero-order valence-electron chi connectivity index (χ0n) is 16.1. The predicted molar refractivity (Wildman–Crippen MR) is 114 cm³/mol. The molecule has 156 valence electrons. The maximum Gasteiger partial charge on any atom is 0.323 e. The number of sulfonamides is 1. The largest absolute Gasteiger partial charge is 0.323 e. The molecule has 0 aliphatic rings. The third-order valence-corrected chi connectivity index (χ3v) is 5.35. The molecule has 1 heterocycles. The van der Waals surface area contributed by atoms with Crippen molar-refractivity contribution in [1.29, 1.82) is 0 Å². The molecule has 0 unspecified atom stereocenters. The molecule has 0 saturated heterocycles. The molecule has 0 fully saturated rings. The van der Waals surface area contributed by atoms with Gasteiger partial charge in [-0.3, -0.25) is 19.4 Å². The second kappa shape index (κ2) is 9.59. The Morgan fingerprint density at radius 3 is 2.13 bits per heavy atom. The highest BCUT2D eigenvalue weighted by Crippen LogP contribution is 2.12. The van der Waals surface area contributed by atoms with Gasteiger partial charge in [0.25, 0.3) is 10.0 Å². The van der Waals surface area contributed by atoms with Gasteiger partial charge >= 0.3 is 11.8 Å². The average molecular weight is 435 g/mol. The van der Waals surface area contributed by atoms with Crippen LogP contribution < -0.4 is 10.0 Å². The number of carbonyl (C=O) groups is 3. The first-order chi connectivity index (χ1) is 14.8. The van der Waals surface area contributed by atoms with Crippen molar-refractivity contribution in [2.45, 2.75) is 4.90 Å². The first-order valence-corrected chi connectivity index (χ1v) is 10.5. The van der Waals surface area contributed by atoms with Crippen molar-refractivity contribution in [2.75, 3.05) is 5.32 Å². The minimum Gasteiger partial charge on any atom is -0.318 e. The quantitative estimate of drug-likeness (QED) is 0.348. The van der Waals surface area contributed by atoms with Crippen molar-refractivity contribution in [3.63, 3.8) is 0 Å². The van der Waals surface area contributed by atoms with Crippen molar-refractivity contribution in [1.82, 2.24) is 9.71 Å². The molecule has 0 spiro atoms. The third kappa shape index (κ3) is 5.94. The van der Waals surface area contributed by atoms with E-state index in [0.29, 0.717) is 11.3 Å². The Kier molecular flexibility index (Phi) is 6.68. The van der Waals surface area contributed by atoms with Crippen LogP contribution in [0.1, 0.15) is 16.1 Å². The Hall–Kier alpha value is -4.11. The number of anilines is 1. The Morgan fingerprint density at radius 1 is 0.806 bits per heavy atom. The molecule has 8 nitrogen and oxygen atoms in total. The normalized spacial score (nSPS) is 11.1. The fourth-order valence-electron chi connectivity index (χ4n) is 2.46. The molecule has 2 amide bonds. The number of ketones is 1. The van der Waals surface area contributed by atoms with Crippen molar-refractivity contribution in [3.05, 3.63) is 96.3 Å². The number of amides is 2. The molecule has 9 heteroatoms. The van der Waals surface area contributed by atoms with E-state index in [0.717, 1.165) is 0 Å². The highest BCUT2D eigenvalue weighted by atomic mass is 32.2. The number of hydrogen-bond donors (Lipinski definition) is 2. The Balaban J connectivity index is 1.60. The lowest BCUT2D eigenvalue weighted by atomic mass is 10.1. The molecule has 1 aromatic heterocycles. The van der Waals surface area contributed by atoms with Crippen LogP contribution in [-0.2, 0) is 19.6 Å².